The molecule has 6 nitrogen and oxygen atoms in total. The summed E-state index contributed by atoms with van der Waals surface area (Å²) in [7, 11) is 0. The minimum atomic E-state index is -0.795. The fourth-order valence-corrected chi connectivity index (χ4v) is 7.95. The van der Waals surface area contributed by atoms with E-state index in [9.17, 15) is 14.4 Å². The van der Waals surface area contributed by atoms with Gasteiger partial charge in [0.2, 0.25) is 0 Å². The summed E-state index contributed by atoms with van der Waals surface area (Å²) in [5.41, 5.74) is 0. The lowest BCUT2D eigenvalue weighted by atomic mass is 10.1. The van der Waals surface area contributed by atoms with Crippen LogP contribution in [0.5, 0.6) is 0 Å². The van der Waals surface area contributed by atoms with Crippen LogP contribution in [0, 0.1) is 0 Å². The van der Waals surface area contributed by atoms with Crippen LogP contribution in [0.4, 0.5) is 0 Å². The molecule has 1 unspecified atom stereocenters. The third kappa shape index (κ3) is 61.8. The Morgan fingerprint density at radius 1 is 0.273 bits per heavy atom. The zero-order chi connectivity index (χ0) is 55.7. The number of carbonyl (C=O) groups is 3. The van der Waals surface area contributed by atoms with Crippen LogP contribution in [0.25, 0.3) is 0 Å². The van der Waals surface area contributed by atoms with E-state index < -0.39 is 6.10 Å². The summed E-state index contributed by atoms with van der Waals surface area (Å²) in [6.45, 7) is 6.29. The maximum atomic E-state index is 12.8. The maximum Gasteiger partial charge on any atom is 0.306 e. The molecular formula is C71H112O6. The molecule has 432 valence electrons. The molecule has 0 radical (unpaired) electrons. The number of esters is 3. The van der Waals surface area contributed by atoms with Gasteiger partial charge in [0.25, 0.3) is 0 Å². The maximum absolute atomic E-state index is 12.8. The van der Waals surface area contributed by atoms with Gasteiger partial charge in [0.05, 0.1) is 0 Å². The Morgan fingerprint density at radius 2 is 0.506 bits per heavy atom. The standard InChI is InChI=1S/C71H112O6/c1-4-7-10-13-15-17-19-21-23-25-27-29-31-33-34-35-36-38-39-41-43-45-47-49-51-53-55-58-61-64-70(73)76-67-68(66-75-69(72)63-60-57-12-9-6-3)77-71(74)65-62-59-56-54-52-50-48-46-44-42-40-37-32-30-28-26-24-22-20-18-16-14-11-8-5-2/h7-8,10-11,15-18,21-24,27-30,33-34,36-38,40-41,43-44,46,68H,4-6,9,12-14,19-20,25-26,31-32,35,39,42,45,47-67H2,1-3H3/b10-7-,11-8-,17-15-,18-16-,23-21-,24-22-,29-27-,30-28-,34-33-,38-36-,40-37-,43-41-,46-44-. The minimum absolute atomic E-state index is 0.0944. The highest BCUT2D eigenvalue weighted by Crippen LogP contribution is 2.14. The highest BCUT2D eigenvalue weighted by molar-refractivity contribution is 5.71. The first-order valence-corrected chi connectivity index (χ1v) is 31.0. The highest BCUT2D eigenvalue weighted by atomic mass is 16.6. The molecule has 1 atom stereocenters. The predicted octanol–water partition coefficient (Wildman–Crippen LogP) is 21.3. The summed E-state index contributed by atoms with van der Waals surface area (Å²) in [6.07, 6.45) is 92.8. The summed E-state index contributed by atoms with van der Waals surface area (Å²) >= 11 is 0. The molecule has 0 fully saturated rings. The molecular weight excluding hydrogens is 949 g/mol. The summed E-state index contributed by atoms with van der Waals surface area (Å²) in [5, 5.41) is 0. The monoisotopic (exact) mass is 1060 g/mol. The Balaban J connectivity index is 4.17. The van der Waals surface area contributed by atoms with Crippen molar-refractivity contribution in [2.45, 2.75) is 258 Å². The molecule has 0 saturated heterocycles. The molecule has 0 aliphatic heterocycles. The van der Waals surface area contributed by atoms with E-state index in [0.29, 0.717) is 19.3 Å². The molecule has 0 amide bonds. The SMILES string of the molecule is CC/C=C\C/C=C\C/C=C\C/C=C\C/C=C\C/C=C\C/C=C\CCCCCCCCCC(=O)OCC(COC(=O)CCCCCCC)OC(=O)CCCCCCCC/C=C\C/C=C\C/C=C\C/C=C\C/C=C\C/C=C\CC. The average Bonchev–Trinajstić information content (AvgIpc) is 3.43. The molecule has 0 N–H and O–H groups in total. The van der Waals surface area contributed by atoms with Gasteiger partial charge in [-0.2, -0.15) is 0 Å². The second kappa shape index (κ2) is 63.6. The number of allylic oxidation sites excluding steroid dienone is 26. The third-order valence-corrected chi connectivity index (χ3v) is 12.5. The summed E-state index contributed by atoms with van der Waals surface area (Å²) < 4.78 is 16.7. The van der Waals surface area contributed by atoms with Gasteiger partial charge in [0, 0.05) is 19.3 Å². The van der Waals surface area contributed by atoms with Crippen molar-refractivity contribution in [3.05, 3.63) is 158 Å². The number of hydrogen-bond acceptors (Lipinski definition) is 6. The fraction of sp³-hybridized carbons (Fsp3) is 0.592. The third-order valence-electron chi connectivity index (χ3n) is 12.5. The first kappa shape index (κ1) is 72.0. The van der Waals surface area contributed by atoms with Crippen molar-refractivity contribution in [3.8, 4) is 0 Å². The molecule has 0 aromatic rings. The second-order valence-corrected chi connectivity index (χ2v) is 19.9. The van der Waals surface area contributed by atoms with Crippen LogP contribution in [0.1, 0.15) is 252 Å². The van der Waals surface area contributed by atoms with E-state index in [-0.39, 0.29) is 31.1 Å². The molecule has 77 heavy (non-hydrogen) atoms. The lowest BCUT2D eigenvalue weighted by molar-refractivity contribution is -0.167. The molecule has 0 aromatic heterocycles. The van der Waals surface area contributed by atoms with E-state index in [1.54, 1.807) is 0 Å². The molecule has 0 aliphatic carbocycles. The van der Waals surface area contributed by atoms with E-state index in [2.05, 4.69) is 179 Å². The van der Waals surface area contributed by atoms with Gasteiger partial charge in [0.1, 0.15) is 13.2 Å². The zero-order valence-electron chi connectivity index (χ0n) is 49.4. The van der Waals surface area contributed by atoms with Gasteiger partial charge >= 0.3 is 17.9 Å². The van der Waals surface area contributed by atoms with Gasteiger partial charge in [-0.05, 0) is 128 Å². The Bertz CT molecular complexity index is 1740. The van der Waals surface area contributed by atoms with Crippen molar-refractivity contribution >= 4 is 17.9 Å². The van der Waals surface area contributed by atoms with Gasteiger partial charge in [0.15, 0.2) is 6.10 Å². The first-order valence-electron chi connectivity index (χ1n) is 31.0. The van der Waals surface area contributed by atoms with E-state index in [1.807, 2.05) is 0 Å². The molecule has 6 heteroatoms. The summed E-state index contributed by atoms with van der Waals surface area (Å²) in [4.78, 5) is 37.9. The smallest absolute Gasteiger partial charge is 0.306 e. The van der Waals surface area contributed by atoms with Crippen molar-refractivity contribution in [2.24, 2.45) is 0 Å². The van der Waals surface area contributed by atoms with Crippen molar-refractivity contribution in [1.29, 1.82) is 0 Å². The van der Waals surface area contributed by atoms with Crippen LogP contribution in [0.2, 0.25) is 0 Å². The van der Waals surface area contributed by atoms with E-state index in [0.717, 1.165) is 173 Å². The van der Waals surface area contributed by atoms with Crippen LogP contribution in [-0.2, 0) is 28.6 Å². The van der Waals surface area contributed by atoms with Gasteiger partial charge in [-0.1, -0.05) is 262 Å². The lowest BCUT2D eigenvalue weighted by Gasteiger charge is -2.18. The van der Waals surface area contributed by atoms with Crippen LogP contribution in [-0.4, -0.2) is 37.2 Å². The Morgan fingerprint density at radius 3 is 0.792 bits per heavy atom. The molecule has 0 spiro atoms. The predicted molar refractivity (Wildman–Crippen MR) is 334 cm³/mol. The average molecular weight is 1060 g/mol. The van der Waals surface area contributed by atoms with E-state index in [1.165, 1.54) is 38.5 Å². The zero-order valence-corrected chi connectivity index (χ0v) is 49.4. The number of ether oxygens (including phenoxy) is 3. The summed E-state index contributed by atoms with van der Waals surface area (Å²) in [6, 6.07) is 0. The van der Waals surface area contributed by atoms with Crippen LogP contribution in [0.3, 0.4) is 0 Å². The number of hydrogen-bond donors (Lipinski definition) is 0. The van der Waals surface area contributed by atoms with Gasteiger partial charge in [-0.25, -0.2) is 0 Å². The quantitative estimate of drug-likeness (QED) is 0.0261. The molecule has 0 aliphatic rings. The van der Waals surface area contributed by atoms with Gasteiger partial charge in [-0.3, -0.25) is 14.4 Å². The molecule has 0 rings (SSSR count). The van der Waals surface area contributed by atoms with Crippen LogP contribution >= 0.6 is 0 Å². The fourth-order valence-electron chi connectivity index (χ4n) is 7.95. The number of unbranched alkanes of at least 4 members (excludes halogenated alkanes) is 17. The molecule has 0 heterocycles. The molecule has 0 aromatic carbocycles. The van der Waals surface area contributed by atoms with Crippen molar-refractivity contribution < 1.29 is 28.6 Å². The largest absolute Gasteiger partial charge is 0.462 e. The van der Waals surface area contributed by atoms with Crippen molar-refractivity contribution in [2.75, 3.05) is 13.2 Å². The van der Waals surface area contributed by atoms with Crippen LogP contribution in [0.15, 0.2) is 158 Å². The number of rotatable bonds is 54. The molecule has 0 saturated carbocycles. The van der Waals surface area contributed by atoms with Gasteiger partial charge < -0.3 is 14.2 Å². The summed E-state index contributed by atoms with van der Waals surface area (Å²) in [5.74, 6) is -0.941. The van der Waals surface area contributed by atoms with Gasteiger partial charge in [-0.15, -0.1) is 0 Å². The Labute approximate surface area is 473 Å². The normalized spacial score (nSPS) is 13.2. The Kier molecular flexibility index (Phi) is 59.5. The van der Waals surface area contributed by atoms with Crippen molar-refractivity contribution in [3.63, 3.8) is 0 Å². The highest BCUT2D eigenvalue weighted by Gasteiger charge is 2.19. The van der Waals surface area contributed by atoms with Crippen LogP contribution < -0.4 is 0 Å². The minimum Gasteiger partial charge on any atom is -0.462 e. The first-order chi connectivity index (χ1) is 38.0. The van der Waals surface area contributed by atoms with E-state index >= 15 is 0 Å². The topological polar surface area (TPSA) is 78.9 Å². The lowest BCUT2D eigenvalue weighted by Crippen LogP contribution is -2.30. The van der Waals surface area contributed by atoms with E-state index in [4.69, 9.17) is 14.2 Å². The van der Waals surface area contributed by atoms with Crippen molar-refractivity contribution in [1.82, 2.24) is 0 Å². The second-order valence-electron chi connectivity index (χ2n) is 19.9. The number of carbonyl (C=O) groups excluding carboxylic acids is 3. The Hall–Kier alpha value is -4.97. The molecule has 0 bridgehead atoms.